The summed E-state index contributed by atoms with van der Waals surface area (Å²) in [5.41, 5.74) is 0.500. The van der Waals surface area contributed by atoms with E-state index in [4.69, 9.17) is 17.3 Å². The van der Waals surface area contributed by atoms with Crippen molar-refractivity contribution in [1.82, 2.24) is 14.3 Å². The van der Waals surface area contributed by atoms with Crippen LogP contribution in [-0.4, -0.2) is 48.7 Å². The molecule has 0 radical (unpaired) electrons. The molecule has 3 rings (SSSR count). The van der Waals surface area contributed by atoms with Gasteiger partial charge in [0.25, 0.3) is 11.5 Å². The zero-order valence-electron chi connectivity index (χ0n) is 16.6. The van der Waals surface area contributed by atoms with Crippen molar-refractivity contribution in [1.29, 1.82) is 0 Å². The number of carbonyl (C=O) groups excluding carboxylic acids is 1. The smallest absolute Gasteiger partial charge is 0.303 e. The summed E-state index contributed by atoms with van der Waals surface area (Å²) in [7, 11) is 0. The lowest BCUT2D eigenvalue weighted by Crippen LogP contribution is -2.29. The predicted octanol–water partition coefficient (Wildman–Crippen LogP) is 2.83. The van der Waals surface area contributed by atoms with E-state index >= 15 is 0 Å². The first-order chi connectivity index (χ1) is 14.3. The van der Waals surface area contributed by atoms with Gasteiger partial charge in [-0.2, -0.15) is 0 Å². The van der Waals surface area contributed by atoms with Crippen LogP contribution in [0.5, 0.6) is 0 Å². The highest BCUT2D eigenvalue weighted by atomic mass is 32.2. The van der Waals surface area contributed by atoms with E-state index in [0.29, 0.717) is 39.6 Å². The SMILES string of the molecule is CC(C)CNc1nc2ccccn2c(=O)c1C=C1SC(=S)N(CCCC(=O)O)C1=O. The molecule has 0 bridgehead atoms. The molecule has 1 aliphatic rings. The quantitative estimate of drug-likeness (QED) is 0.471. The molecule has 0 unspecified atom stereocenters. The van der Waals surface area contributed by atoms with Crippen molar-refractivity contribution in [3.8, 4) is 0 Å². The molecule has 3 heterocycles. The molecule has 0 aliphatic carbocycles. The topological polar surface area (TPSA) is 104 Å². The number of carboxylic acids is 1. The lowest BCUT2D eigenvalue weighted by Gasteiger charge is -2.13. The van der Waals surface area contributed by atoms with Crippen LogP contribution in [0, 0.1) is 5.92 Å². The number of aromatic nitrogens is 2. The summed E-state index contributed by atoms with van der Waals surface area (Å²) in [4.78, 5) is 42.9. The third kappa shape index (κ3) is 4.88. The van der Waals surface area contributed by atoms with Crippen molar-refractivity contribution < 1.29 is 14.7 Å². The number of rotatable bonds is 8. The Balaban J connectivity index is 1.98. The van der Waals surface area contributed by atoms with Gasteiger partial charge in [-0.3, -0.25) is 23.7 Å². The summed E-state index contributed by atoms with van der Waals surface area (Å²) in [6, 6.07) is 5.28. The lowest BCUT2D eigenvalue weighted by atomic mass is 10.2. The molecular formula is C20H22N4O4S2. The van der Waals surface area contributed by atoms with Crippen LogP contribution in [0.1, 0.15) is 32.3 Å². The maximum Gasteiger partial charge on any atom is 0.303 e. The monoisotopic (exact) mass is 446 g/mol. The average molecular weight is 447 g/mol. The highest BCUT2D eigenvalue weighted by molar-refractivity contribution is 8.26. The number of thiocarbonyl (C=S) groups is 1. The number of hydrogen-bond acceptors (Lipinski definition) is 7. The first-order valence-electron chi connectivity index (χ1n) is 9.50. The van der Waals surface area contributed by atoms with E-state index in [1.54, 1.807) is 24.4 Å². The second kappa shape index (κ2) is 9.40. The number of thioether (sulfide) groups is 1. The number of nitrogens with zero attached hydrogens (tertiary/aromatic N) is 3. The van der Waals surface area contributed by atoms with Crippen molar-refractivity contribution in [2.75, 3.05) is 18.4 Å². The van der Waals surface area contributed by atoms with Gasteiger partial charge in [-0.15, -0.1) is 0 Å². The van der Waals surface area contributed by atoms with Crippen LogP contribution in [-0.2, 0) is 9.59 Å². The van der Waals surface area contributed by atoms with Gasteiger partial charge in [0.2, 0.25) is 0 Å². The largest absolute Gasteiger partial charge is 0.481 e. The second-order valence-corrected chi connectivity index (χ2v) is 8.89. The third-order valence-corrected chi connectivity index (χ3v) is 5.75. The van der Waals surface area contributed by atoms with Gasteiger partial charge < -0.3 is 10.4 Å². The van der Waals surface area contributed by atoms with Crippen molar-refractivity contribution in [2.45, 2.75) is 26.7 Å². The third-order valence-electron chi connectivity index (χ3n) is 4.37. The van der Waals surface area contributed by atoms with E-state index in [0.717, 1.165) is 11.8 Å². The Kier molecular flexibility index (Phi) is 6.88. The number of hydrogen-bond donors (Lipinski definition) is 2. The molecule has 0 aromatic carbocycles. The first kappa shape index (κ1) is 22.0. The van der Waals surface area contributed by atoms with Gasteiger partial charge in [-0.1, -0.05) is 43.9 Å². The fraction of sp³-hybridized carbons (Fsp3) is 0.350. The zero-order chi connectivity index (χ0) is 21.8. The second-order valence-electron chi connectivity index (χ2n) is 7.21. The van der Waals surface area contributed by atoms with Crippen LogP contribution in [0.3, 0.4) is 0 Å². The minimum Gasteiger partial charge on any atom is -0.481 e. The molecule has 1 aliphatic heterocycles. The Bertz CT molecular complexity index is 1090. The summed E-state index contributed by atoms with van der Waals surface area (Å²) in [6.45, 7) is 4.93. The highest BCUT2D eigenvalue weighted by Gasteiger charge is 2.32. The minimum atomic E-state index is -0.924. The van der Waals surface area contributed by atoms with Crippen molar-refractivity contribution in [3.05, 3.63) is 45.2 Å². The number of amides is 1. The van der Waals surface area contributed by atoms with Crippen LogP contribution < -0.4 is 10.9 Å². The molecule has 1 saturated heterocycles. The number of nitrogens with one attached hydrogen (secondary N) is 1. The Morgan fingerprint density at radius 2 is 2.13 bits per heavy atom. The molecule has 2 aromatic heterocycles. The van der Waals surface area contributed by atoms with Crippen LogP contribution in [0.25, 0.3) is 11.7 Å². The van der Waals surface area contributed by atoms with E-state index in [9.17, 15) is 14.4 Å². The minimum absolute atomic E-state index is 0.0463. The number of aliphatic carboxylic acids is 1. The predicted molar refractivity (Wildman–Crippen MR) is 122 cm³/mol. The van der Waals surface area contributed by atoms with E-state index < -0.39 is 5.97 Å². The molecule has 30 heavy (non-hydrogen) atoms. The van der Waals surface area contributed by atoms with Gasteiger partial charge in [0.05, 0.1) is 10.5 Å². The molecule has 8 nitrogen and oxygen atoms in total. The molecule has 0 saturated carbocycles. The molecule has 10 heteroatoms. The Hall–Kier alpha value is -2.72. The van der Waals surface area contributed by atoms with Crippen LogP contribution in [0.4, 0.5) is 5.82 Å². The van der Waals surface area contributed by atoms with Crippen LogP contribution in [0.15, 0.2) is 34.1 Å². The molecule has 2 N–H and O–H groups in total. The molecule has 158 valence electrons. The highest BCUT2D eigenvalue weighted by Crippen LogP contribution is 2.33. The zero-order valence-corrected chi connectivity index (χ0v) is 18.3. The number of anilines is 1. The van der Waals surface area contributed by atoms with Crippen LogP contribution in [0.2, 0.25) is 0 Å². The maximum absolute atomic E-state index is 13.1. The van der Waals surface area contributed by atoms with Gasteiger partial charge in [-0.25, -0.2) is 4.98 Å². The Labute approximate surface area is 183 Å². The summed E-state index contributed by atoms with van der Waals surface area (Å²) >= 11 is 6.38. The van der Waals surface area contributed by atoms with Gasteiger partial charge >= 0.3 is 5.97 Å². The van der Waals surface area contributed by atoms with Gasteiger partial charge in [0, 0.05) is 25.7 Å². The summed E-state index contributed by atoms with van der Waals surface area (Å²) < 4.78 is 1.78. The molecule has 1 amide bonds. The Morgan fingerprint density at radius 1 is 1.37 bits per heavy atom. The summed E-state index contributed by atoms with van der Waals surface area (Å²) in [6.07, 6.45) is 3.41. The van der Waals surface area contributed by atoms with E-state index in [1.807, 2.05) is 13.8 Å². The fourth-order valence-electron chi connectivity index (χ4n) is 2.88. The summed E-state index contributed by atoms with van der Waals surface area (Å²) in [5, 5.41) is 12.0. The lowest BCUT2D eigenvalue weighted by molar-refractivity contribution is -0.137. The number of carbonyl (C=O) groups is 2. The molecular weight excluding hydrogens is 424 g/mol. The van der Waals surface area contributed by atoms with E-state index in [1.165, 1.54) is 15.4 Å². The van der Waals surface area contributed by atoms with E-state index in [-0.39, 0.29) is 30.0 Å². The molecule has 0 spiro atoms. The standard InChI is InChI=1S/C20H22N4O4S2/c1-12(2)11-21-17-13(18(27)23-8-4-3-6-15(23)22-17)10-14-19(28)24(20(29)30-14)9-5-7-16(25)26/h3-4,6,8,10,12,21H,5,7,9,11H2,1-2H3,(H,25,26). The van der Waals surface area contributed by atoms with Crippen LogP contribution >= 0.6 is 24.0 Å². The van der Waals surface area contributed by atoms with Gasteiger partial charge in [0.15, 0.2) is 0 Å². The molecule has 0 atom stereocenters. The Morgan fingerprint density at radius 3 is 2.83 bits per heavy atom. The normalized spacial score (nSPS) is 15.6. The van der Waals surface area contributed by atoms with Crippen molar-refractivity contribution in [3.63, 3.8) is 0 Å². The average Bonchev–Trinajstić information content (AvgIpc) is 2.96. The first-order valence-corrected chi connectivity index (χ1v) is 10.7. The molecule has 1 fully saturated rings. The maximum atomic E-state index is 13.1. The number of pyridine rings is 1. The number of carboxylic acid groups (broad SMARTS) is 1. The molecule has 2 aromatic rings. The fourth-order valence-corrected chi connectivity index (χ4v) is 4.17. The van der Waals surface area contributed by atoms with Crippen molar-refractivity contribution in [2.24, 2.45) is 5.92 Å². The van der Waals surface area contributed by atoms with Gasteiger partial charge in [0.1, 0.15) is 15.8 Å². The van der Waals surface area contributed by atoms with Gasteiger partial charge in [-0.05, 0) is 30.5 Å². The summed E-state index contributed by atoms with van der Waals surface area (Å²) in [5.74, 6) is -0.507. The van der Waals surface area contributed by atoms with Crippen molar-refractivity contribution >= 4 is 57.7 Å². The number of fused-ring (bicyclic) bond motifs is 1. The van der Waals surface area contributed by atoms with E-state index in [2.05, 4.69) is 10.3 Å².